The molecular weight excluding hydrogens is 1840 g/mol. The third kappa shape index (κ3) is 38.0. The third-order valence-electron chi connectivity index (χ3n) is 23.5. The van der Waals surface area contributed by atoms with Crippen LogP contribution in [0.1, 0.15) is 161 Å². The maximum Gasteiger partial charge on any atom is 0.312 e. The van der Waals surface area contributed by atoms with E-state index in [9.17, 15) is 92.7 Å². The first kappa shape index (κ1) is 115. The molecule has 0 bridgehead atoms. The number of carboxylic acid groups (broad SMARTS) is 1. The zero-order valence-corrected chi connectivity index (χ0v) is 81.1. The predicted octanol–water partition coefficient (Wildman–Crippen LogP) is -4.30. The minimum Gasteiger partial charge on any atom is -0.508 e. The number of thioether (sulfide) groups is 1. The van der Waals surface area contributed by atoms with Crippen LogP contribution in [0.15, 0.2) is 103 Å². The summed E-state index contributed by atoms with van der Waals surface area (Å²) in [6.45, 7) is 11.3. The number of amides is 19. The number of nitrogens with zero attached hydrogens (tertiary/aromatic N) is 1. The normalized spacial score (nSPS) is 24.0. The van der Waals surface area contributed by atoms with Crippen LogP contribution in [0.2, 0.25) is 0 Å². The Morgan fingerprint density at radius 2 is 0.993 bits per heavy atom. The Bertz CT molecular complexity index is 4980. The minimum atomic E-state index is -2.32. The second-order valence-corrected chi connectivity index (χ2v) is 37.8. The van der Waals surface area contributed by atoms with Crippen molar-refractivity contribution in [1.82, 2.24) is 84.7 Å². The van der Waals surface area contributed by atoms with Crippen molar-refractivity contribution in [3.63, 3.8) is 0 Å². The maximum absolute atomic E-state index is 15.4. The van der Waals surface area contributed by atoms with Crippen LogP contribution in [-0.2, 0) is 106 Å². The van der Waals surface area contributed by atoms with Gasteiger partial charge >= 0.3 is 12.0 Å². The smallest absolute Gasteiger partial charge is 0.312 e. The summed E-state index contributed by atoms with van der Waals surface area (Å²) in [5, 5.41) is 92.9. The highest BCUT2D eigenvalue weighted by Gasteiger charge is 2.45. The number of nitrogens with one attached hydrogen (secondary N) is 15. The minimum absolute atomic E-state index is 0.0767. The van der Waals surface area contributed by atoms with Gasteiger partial charge in [-0.25, -0.2) is 4.79 Å². The number of aliphatic carboxylic acids is 1. The molecule has 6 rings (SSSR count). The van der Waals surface area contributed by atoms with Gasteiger partial charge in [0.15, 0.2) is 0 Å². The number of hydrogen-bond donors (Lipinski definition) is 25. The number of carboxylic acids is 1. The molecular formula is C94H137N21O24S. The number of rotatable bonds is 29. The van der Waals surface area contributed by atoms with Gasteiger partial charge in [0.1, 0.15) is 96.4 Å². The second-order valence-electron chi connectivity index (χ2n) is 36.7. The molecule has 4 aromatic carbocycles. The number of phenols is 1. The first-order valence-electron chi connectivity index (χ1n) is 46.3. The molecule has 30 N–H and O–H groups in total. The van der Waals surface area contributed by atoms with Gasteiger partial charge < -0.3 is 139 Å². The summed E-state index contributed by atoms with van der Waals surface area (Å²) < 4.78 is 0. The number of aliphatic hydroxyl groups excluding tert-OH is 1. The molecule has 768 valence electrons. The lowest BCUT2D eigenvalue weighted by atomic mass is 9.84. The van der Waals surface area contributed by atoms with E-state index in [1.165, 1.54) is 38.2 Å². The molecule has 2 fully saturated rings. The number of nitrogens with two attached hydrogens (primary N) is 5. The van der Waals surface area contributed by atoms with E-state index in [4.69, 9.17) is 28.7 Å². The fourth-order valence-electron chi connectivity index (χ4n) is 15.7. The highest BCUT2D eigenvalue weighted by molar-refractivity contribution is 8.00. The van der Waals surface area contributed by atoms with Crippen molar-refractivity contribution in [3.8, 4) is 16.9 Å². The molecule has 19 amide bonds. The average Bonchev–Trinajstić information content (AvgIpc) is 0.809. The van der Waals surface area contributed by atoms with Crippen LogP contribution in [0.3, 0.4) is 0 Å². The summed E-state index contributed by atoms with van der Waals surface area (Å²) in [4.78, 5) is 274. The number of likely N-dealkylation sites (N-methyl/N-ethyl adjacent to an activating group) is 1. The van der Waals surface area contributed by atoms with E-state index >= 15 is 24.0 Å². The molecule has 0 aromatic heterocycles. The Labute approximate surface area is 815 Å². The van der Waals surface area contributed by atoms with Crippen LogP contribution in [0.25, 0.3) is 11.1 Å². The van der Waals surface area contributed by atoms with E-state index in [1.54, 1.807) is 69.3 Å². The largest absolute Gasteiger partial charge is 0.508 e. The van der Waals surface area contributed by atoms with E-state index < -0.39 is 264 Å². The summed E-state index contributed by atoms with van der Waals surface area (Å²) >= 11 is 0.561. The average molecular weight is 1980 g/mol. The lowest BCUT2D eigenvalue weighted by Gasteiger charge is -2.34. The van der Waals surface area contributed by atoms with Crippen LogP contribution >= 0.6 is 11.8 Å². The molecule has 1 saturated carbocycles. The molecule has 46 heteroatoms. The molecule has 140 heavy (non-hydrogen) atoms. The molecule has 4 aromatic rings. The second kappa shape index (κ2) is 55.4. The van der Waals surface area contributed by atoms with E-state index in [-0.39, 0.29) is 81.3 Å². The van der Waals surface area contributed by atoms with Crippen molar-refractivity contribution >= 4 is 124 Å². The van der Waals surface area contributed by atoms with Crippen LogP contribution < -0.4 is 108 Å². The lowest BCUT2D eigenvalue weighted by Crippen LogP contribution is -2.65. The van der Waals surface area contributed by atoms with E-state index in [1.807, 2.05) is 30.3 Å². The molecule has 45 nitrogen and oxygen atoms in total. The monoisotopic (exact) mass is 1980 g/mol. The molecule has 1 aliphatic carbocycles. The lowest BCUT2D eigenvalue weighted by molar-refractivity contribution is -0.143. The van der Waals surface area contributed by atoms with Crippen molar-refractivity contribution in [2.24, 2.45) is 40.5 Å². The van der Waals surface area contributed by atoms with Crippen molar-refractivity contribution in [2.45, 2.75) is 273 Å². The number of hydrogen-bond acceptors (Lipinski definition) is 26. The van der Waals surface area contributed by atoms with Gasteiger partial charge in [0.25, 0.3) is 0 Å². The number of carbonyl (C=O) groups is 19. The molecule has 2 aliphatic rings. The highest BCUT2D eigenvalue weighted by atomic mass is 32.2. The van der Waals surface area contributed by atoms with E-state index in [2.05, 4.69) is 79.8 Å². The van der Waals surface area contributed by atoms with Crippen LogP contribution in [0.5, 0.6) is 5.75 Å². The Kier molecular flexibility index (Phi) is 45.6. The van der Waals surface area contributed by atoms with Gasteiger partial charge in [0, 0.05) is 38.6 Å². The quantitative estimate of drug-likeness (QED) is 0.0229. The van der Waals surface area contributed by atoms with Crippen molar-refractivity contribution in [2.75, 3.05) is 38.2 Å². The van der Waals surface area contributed by atoms with Crippen LogP contribution in [-0.4, -0.2) is 289 Å². The molecule has 0 spiro atoms. The zero-order valence-electron chi connectivity index (χ0n) is 80.3. The summed E-state index contributed by atoms with van der Waals surface area (Å²) in [5.74, 6) is -23.8. The van der Waals surface area contributed by atoms with Crippen molar-refractivity contribution < 1.29 is 117 Å². The number of carbonyl (C=O) groups excluding carboxylic acids is 18. The summed E-state index contributed by atoms with van der Waals surface area (Å²) in [5.41, 5.74) is 27.0. The number of urea groups is 1. The van der Waals surface area contributed by atoms with Gasteiger partial charge in [-0.3, -0.25) is 86.3 Å². The zero-order chi connectivity index (χ0) is 104. The van der Waals surface area contributed by atoms with Gasteiger partial charge in [-0.15, -0.1) is 11.8 Å². The third-order valence-corrected chi connectivity index (χ3v) is 24.5. The molecule has 1 aliphatic heterocycles. The molecule has 0 radical (unpaired) electrons. The van der Waals surface area contributed by atoms with Gasteiger partial charge in [-0.2, -0.15) is 0 Å². The summed E-state index contributed by atoms with van der Waals surface area (Å²) in [7, 11) is 1.21. The highest BCUT2D eigenvalue weighted by Crippen LogP contribution is 2.29. The number of aliphatic hydroxyl groups is 3. The maximum atomic E-state index is 15.4. The molecule has 16 atom stereocenters. The van der Waals surface area contributed by atoms with E-state index in [0.29, 0.717) is 41.3 Å². The Morgan fingerprint density at radius 3 is 1.51 bits per heavy atom. The van der Waals surface area contributed by atoms with Crippen LogP contribution in [0, 0.1) is 18.8 Å². The fraction of sp³-hybridized carbons (Fsp3) is 0.543. The Morgan fingerprint density at radius 1 is 0.514 bits per heavy atom. The molecule has 1 saturated heterocycles. The number of aromatic hydroxyl groups is 1. The SMILES string of the molecule is Cc1cccc(C[C@@H]2NC(=O)[C@H](CC(=O)O)NC(=O)[C@H](Cc3ccc(O)cc3)NC(=O)[C@H](CC(N)=O)NC(=O)CSC[C@@H](C(=O)N[C@@H](CCN)C(N)=O)NC(=O)[C@H]([C@@H](C)O)NC(=O)[C@H](C(C)(C)O)NC(=O)[C@H](CC3CCCCC3)NC(=O)[C@H](CCN)NC(=O)[C@@H](CC(C)C)NC(=O)[C@H](C)N(C)C(=O)[C@H](CCCNC(N)=O)NC(=O)[C@H](Cc3ccc(-c4ccccc4)cc3)NC(=O)[C@H](C(C)(C)O)NC2=O)c1. The van der Waals surface area contributed by atoms with E-state index in [0.717, 1.165) is 69.9 Å². The number of primary amides is 3. The number of aryl methyl sites for hydroxylation is 1. The fourth-order valence-corrected chi connectivity index (χ4v) is 16.5. The Balaban J connectivity index is 1.51. The summed E-state index contributed by atoms with van der Waals surface area (Å²) in [6.07, 6.45) is -3.21. The van der Waals surface area contributed by atoms with Gasteiger partial charge in [0.2, 0.25) is 100 Å². The topological polar surface area (TPSA) is 739 Å². The standard InChI is InChI=1S/C94H137N21O24S/c1-49(2)39-63-80(125)103-61(35-37-96)79(124)106-66(41-53-20-13-11-14-21-53)85(130)114-76(94(8,9)139)90(135)112-74(52(5)116)88(133)111-70(87(132)102-60(34-36-95)77(98)122)47-140-48-72(119)101-68(45-71(97)118)83(128)107-64(43-55-28-32-59(117)33-29-55)82(127)109-69(46-73(120)121)84(129)108-67(44-56-22-17-19-50(3)40-56)86(131)113-75(93(6,7)138)89(134)110-65(42-54-26-30-58(31-27-54)57-23-15-12-16-24-57)81(126)104-62(25-18-38-100-92(99)137)91(136)115(10)51(4)78(123)105-63/h12,15-17,19,22-24,26-33,40,49,51-53,60-70,74-76,116-117,138-139H,11,13-14,18,20-21,25,34-39,41-48,95-96H2,1-10H3,(H2,97,118)(H2,98,122)(H,101,119)(H,102,132)(H,103,125)(H,104,126)(H,105,123)(H,106,124)(H,107,128)(H,108,129)(H,109,127)(H,110,134)(H,111,133)(H,112,135)(H,113,131)(H,114,130)(H,120,121)(H3,99,100,137)/t51-,52+,60-,61-,62-,63+,64-,65-,66-,67-,68-,69-,70-,74-,75+,76+/m0/s1. The summed E-state index contributed by atoms with van der Waals surface area (Å²) in [6, 6.07) is -0.736. The van der Waals surface area contributed by atoms with Gasteiger partial charge in [0.05, 0.1) is 35.9 Å². The van der Waals surface area contributed by atoms with Crippen LogP contribution in [0.4, 0.5) is 4.79 Å². The number of phenolic OH excluding ortho intramolecular Hbond substituents is 1. The molecule has 1 heterocycles. The van der Waals surface area contributed by atoms with Crippen molar-refractivity contribution in [3.05, 3.63) is 125 Å². The first-order valence-corrected chi connectivity index (χ1v) is 47.4. The number of benzene rings is 4. The Hall–Kier alpha value is -13.4. The molecule has 0 unspecified atom stereocenters. The van der Waals surface area contributed by atoms with Gasteiger partial charge in [-0.05, 0) is 152 Å². The predicted molar refractivity (Wildman–Crippen MR) is 513 cm³/mol. The van der Waals surface area contributed by atoms with Crippen molar-refractivity contribution in [1.29, 1.82) is 0 Å². The van der Waals surface area contributed by atoms with Gasteiger partial charge in [-0.1, -0.05) is 143 Å². The first-order chi connectivity index (χ1) is 65.9.